The lowest BCUT2D eigenvalue weighted by Gasteiger charge is -2.62. The third-order valence-corrected chi connectivity index (χ3v) is 11.1. The van der Waals surface area contributed by atoms with Crippen LogP contribution in [0.5, 0.6) is 11.5 Å². The Morgan fingerprint density at radius 1 is 1.09 bits per heavy atom. The van der Waals surface area contributed by atoms with Crippen LogP contribution in [0, 0.1) is 5.92 Å². The molecule has 3 aliphatic carbocycles. The second-order valence-electron chi connectivity index (χ2n) is 13.5. The minimum absolute atomic E-state index is 0.0765. The highest BCUT2D eigenvalue weighted by atomic mass is 16.5. The lowest BCUT2D eigenvalue weighted by molar-refractivity contribution is -0.173. The molecule has 45 heavy (non-hydrogen) atoms. The fourth-order valence-electron chi connectivity index (χ4n) is 8.87. The molecular weight excluding hydrogens is 570 g/mol. The second kappa shape index (κ2) is 9.58. The molecule has 9 nitrogen and oxygen atoms in total. The van der Waals surface area contributed by atoms with Gasteiger partial charge in [0.1, 0.15) is 13.2 Å². The average Bonchev–Trinajstić information content (AvgIpc) is 3.69. The Morgan fingerprint density at radius 3 is 2.76 bits per heavy atom. The Labute approximate surface area is 260 Å². The number of ether oxygens (including phenoxy) is 2. The summed E-state index contributed by atoms with van der Waals surface area (Å²) in [5, 5.41) is 27.6. The van der Waals surface area contributed by atoms with E-state index in [1.807, 2.05) is 48.5 Å². The SMILES string of the molecule is O=C(CNC(=O)c1cccc2c3c([nH]c12)[C@@H]1Oc2c(O)ccc4c2[C@@]12CCN(CC1CC1)[C@H](C4)[C@]2(O)C3)OCc1ccccc1. The van der Waals surface area contributed by atoms with Crippen molar-refractivity contribution in [3.8, 4) is 11.5 Å². The molecule has 4 atom stereocenters. The van der Waals surface area contributed by atoms with Crippen molar-refractivity contribution in [1.29, 1.82) is 0 Å². The molecule has 5 aliphatic rings. The van der Waals surface area contributed by atoms with Gasteiger partial charge in [0, 0.05) is 30.0 Å². The largest absolute Gasteiger partial charge is 0.504 e. The lowest BCUT2D eigenvalue weighted by Crippen LogP contribution is -2.74. The highest BCUT2D eigenvalue weighted by Gasteiger charge is 2.72. The summed E-state index contributed by atoms with van der Waals surface area (Å²) in [6, 6.07) is 18.6. The Balaban J connectivity index is 1.07. The monoisotopic (exact) mass is 605 g/mol. The molecule has 0 unspecified atom stereocenters. The molecule has 9 rings (SSSR count). The molecule has 1 aromatic heterocycles. The van der Waals surface area contributed by atoms with Gasteiger partial charge in [0.05, 0.1) is 27.8 Å². The average molecular weight is 606 g/mol. The number of esters is 1. The molecule has 4 N–H and O–H groups in total. The van der Waals surface area contributed by atoms with E-state index in [0.717, 1.165) is 46.4 Å². The summed E-state index contributed by atoms with van der Waals surface area (Å²) in [6.45, 7) is 1.74. The molecule has 9 heteroatoms. The van der Waals surface area contributed by atoms with Crippen molar-refractivity contribution in [2.24, 2.45) is 5.92 Å². The maximum atomic E-state index is 13.5. The first-order valence-corrected chi connectivity index (χ1v) is 16.0. The number of phenols is 1. The van der Waals surface area contributed by atoms with E-state index in [4.69, 9.17) is 9.47 Å². The number of aromatic hydroxyl groups is 1. The fourth-order valence-corrected chi connectivity index (χ4v) is 8.87. The number of hydrogen-bond acceptors (Lipinski definition) is 7. The molecule has 1 spiro atoms. The van der Waals surface area contributed by atoms with Crippen LogP contribution in [-0.2, 0) is 34.4 Å². The molecule has 4 aromatic rings. The van der Waals surface area contributed by atoms with Crippen LogP contribution in [0.25, 0.3) is 10.9 Å². The number of carbonyl (C=O) groups excluding carboxylic acids is 2. The summed E-state index contributed by atoms with van der Waals surface area (Å²) in [4.78, 5) is 32.0. The van der Waals surface area contributed by atoms with Gasteiger partial charge in [-0.1, -0.05) is 48.5 Å². The lowest BCUT2D eigenvalue weighted by atomic mass is 9.49. The zero-order chi connectivity index (χ0) is 30.5. The van der Waals surface area contributed by atoms with Crippen molar-refractivity contribution in [2.75, 3.05) is 19.6 Å². The maximum Gasteiger partial charge on any atom is 0.325 e. The number of H-pyrrole nitrogens is 1. The number of aliphatic hydroxyl groups is 1. The van der Waals surface area contributed by atoms with E-state index in [2.05, 4.69) is 15.2 Å². The van der Waals surface area contributed by atoms with Gasteiger partial charge in [-0.15, -0.1) is 0 Å². The minimum Gasteiger partial charge on any atom is -0.504 e. The number of nitrogens with one attached hydrogen (secondary N) is 2. The van der Waals surface area contributed by atoms with Gasteiger partial charge in [0.15, 0.2) is 17.6 Å². The quantitative estimate of drug-likeness (QED) is 0.235. The normalized spacial score (nSPS) is 27.4. The molecule has 2 fully saturated rings. The van der Waals surface area contributed by atoms with Crippen LogP contribution in [0.2, 0.25) is 0 Å². The van der Waals surface area contributed by atoms with Crippen molar-refractivity contribution >= 4 is 22.8 Å². The molecule has 3 aromatic carbocycles. The number of aromatic nitrogens is 1. The van der Waals surface area contributed by atoms with Crippen LogP contribution in [0.4, 0.5) is 0 Å². The molecule has 1 saturated carbocycles. The third-order valence-electron chi connectivity index (χ3n) is 11.1. The predicted octanol–water partition coefficient (Wildman–Crippen LogP) is 4.05. The summed E-state index contributed by atoms with van der Waals surface area (Å²) in [5.41, 5.74) is 3.98. The van der Waals surface area contributed by atoms with E-state index in [1.165, 1.54) is 12.8 Å². The molecule has 0 radical (unpaired) electrons. The minimum atomic E-state index is -1.11. The van der Waals surface area contributed by atoms with Crippen molar-refractivity contribution in [2.45, 2.75) is 61.9 Å². The maximum absolute atomic E-state index is 13.5. The summed E-state index contributed by atoms with van der Waals surface area (Å²) in [5.74, 6) is 0.347. The van der Waals surface area contributed by atoms with Gasteiger partial charge in [-0.3, -0.25) is 14.5 Å². The van der Waals surface area contributed by atoms with Crippen LogP contribution in [-0.4, -0.2) is 63.3 Å². The van der Waals surface area contributed by atoms with Crippen LogP contribution >= 0.6 is 0 Å². The van der Waals surface area contributed by atoms with E-state index >= 15 is 0 Å². The van der Waals surface area contributed by atoms with Gasteiger partial charge in [0.25, 0.3) is 5.91 Å². The zero-order valence-corrected chi connectivity index (χ0v) is 24.8. The Morgan fingerprint density at radius 2 is 1.93 bits per heavy atom. The van der Waals surface area contributed by atoms with Gasteiger partial charge in [-0.2, -0.15) is 0 Å². The van der Waals surface area contributed by atoms with E-state index in [9.17, 15) is 19.8 Å². The number of para-hydroxylation sites is 1. The van der Waals surface area contributed by atoms with Crippen molar-refractivity contribution < 1.29 is 29.3 Å². The van der Waals surface area contributed by atoms with E-state index in [0.29, 0.717) is 42.0 Å². The van der Waals surface area contributed by atoms with Gasteiger partial charge >= 0.3 is 5.97 Å². The molecule has 1 saturated heterocycles. The Hall–Kier alpha value is -4.34. The van der Waals surface area contributed by atoms with Gasteiger partial charge < -0.3 is 30.0 Å². The molecule has 2 aliphatic heterocycles. The first kappa shape index (κ1) is 27.0. The zero-order valence-electron chi connectivity index (χ0n) is 24.8. The number of amides is 1. The molecule has 230 valence electrons. The molecular formula is C36H35N3O6. The summed E-state index contributed by atoms with van der Waals surface area (Å²) >= 11 is 0. The van der Waals surface area contributed by atoms with E-state index < -0.39 is 29.0 Å². The highest BCUT2D eigenvalue weighted by molar-refractivity contribution is 6.07. The number of likely N-dealkylation sites (tertiary alicyclic amines) is 1. The van der Waals surface area contributed by atoms with Gasteiger partial charge in [-0.05, 0) is 67.0 Å². The van der Waals surface area contributed by atoms with Gasteiger partial charge in [-0.25, -0.2) is 0 Å². The summed E-state index contributed by atoms with van der Waals surface area (Å²) in [6.07, 6.45) is 3.79. The number of phenolic OH excluding ortho intramolecular Hbond substituents is 1. The number of fused-ring (bicyclic) bond motifs is 4. The fraction of sp³-hybridized carbons (Fsp3) is 0.389. The van der Waals surface area contributed by atoms with Crippen LogP contribution < -0.4 is 10.1 Å². The first-order valence-electron chi connectivity index (χ1n) is 16.0. The standard InChI is InChI=1S/C36H35N3O6/c40-26-12-11-22-15-27-36(43)16-25-23-7-4-8-24(34(42)37-17-28(41)44-19-21-5-2-1-3-6-21)30(23)38-31(25)33-35(36,29(22)32(26)45-33)13-14-39(27)18-20-9-10-20/h1-8,11-12,20,27,33,38,40,43H,9-10,13-19H2,(H,37,42)/t27-,33+,35+,36-/m1/s1. The topological polar surface area (TPSA) is 124 Å². The van der Waals surface area contributed by atoms with Crippen molar-refractivity contribution in [1.82, 2.24) is 15.2 Å². The number of nitrogens with zero attached hydrogens (tertiary/aromatic N) is 1. The number of carbonyl (C=O) groups is 2. The molecule has 1 amide bonds. The number of hydrogen-bond donors (Lipinski definition) is 4. The second-order valence-corrected chi connectivity index (χ2v) is 13.5. The Bertz CT molecular complexity index is 1880. The number of aromatic amines is 1. The van der Waals surface area contributed by atoms with Crippen LogP contribution in [0.15, 0.2) is 60.7 Å². The van der Waals surface area contributed by atoms with Crippen molar-refractivity contribution in [3.05, 3.63) is 94.2 Å². The number of rotatable bonds is 7. The van der Waals surface area contributed by atoms with E-state index in [1.54, 1.807) is 12.1 Å². The number of benzene rings is 3. The predicted molar refractivity (Wildman–Crippen MR) is 165 cm³/mol. The molecule has 2 bridgehead atoms. The van der Waals surface area contributed by atoms with Gasteiger partial charge in [0.2, 0.25) is 0 Å². The van der Waals surface area contributed by atoms with Crippen molar-refractivity contribution in [3.63, 3.8) is 0 Å². The third kappa shape index (κ3) is 3.80. The summed E-state index contributed by atoms with van der Waals surface area (Å²) < 4.78 is 12.0. The smallest absolute Gasteiger partial charge is 0.325 e. The number of piperidine rings is 1. The first-order chi connectivity index (χ1) is 21.9. The Kier molecular flexibility index (Phi) is 5.75. The van der Waals surface area contributed by atoms with E-state index in [-0.39, 0.29) is 24.9 Å². The van der Waals surface area contributed by atoms with Crippen LogP contribution in [0.3, 0.4) is 0 Å². The highest BCUT2D eigenvalue weighted by Crippen LogP contribution is 2.69. The van der Waals surface area contributed by atoms with Crippen LogP contribution in [0.1, 0.15) is 63.7 Å². The summed E-state index contributed by atoms with van der Waals surface area (Å²) in [7, 11) is 0. The molecule has 3 heterocycles.